The summed E-state index contributed by atoms with van der Waals surface area (Å²) in [4.78, 5) is 24.7. The Hall–Kier alpha value is -2.60. The summed E-state index contributed by atoms with van der Waals surface area (Å²) in [5.74, 6) is 0.0767. The molecule has 2 rings (SSSR count). The van der Waals surface area contributed by atoms with E-state index >= 15 is 0 Å². The van der Waals surface area contributed by atoms with Crippen LogP contribution < -0.4 is 10.6 Å². The topological polar surface area (TPSA) is 93.7 Å². The van der Waals surface area contributed by atoms with E-state index in [0.29, 0.717) is 12.8 Å². The predicted molar refractivity (Wildman–Crippen MR) is 209 cm³/mol. The highest BCUT2D eigenvalue weighted by molar-refractivity contribution is 7.33. The molecule has 0 heterocycles. The number of nitrogens with one attached hydrogen (secondary N) is 2. The SMILES string of the molecule is CCCCCCCCCCCCCC(=O)Nc1ccc(CO[P+](=O)OCc2ccc(NC(=O)CCCCCCCCCCCCC)cc2)cc1. The molecule has 7 nitrogen and oxygen atoms in total. The first-order chi connectivity index (χ1) is 24.5. The molecule has 8 heteroatoms. The van der Waals surface area contributed by atoms with E-state index in [2.05, 4.69) is 24.5 Å². The van der Waals surface area contributed by atoms with Gasteiger partial charge in [-0.05, 0) is 48.2 Å². The first-order valence-corrected chi connectivity index (χ1v) is 21.1. The fourth-order valence-electron chi connectivity index (χ4n) is 6.01. The smallest absolute Gasteiger partial charge is 0.326 e. The molecule has 0 bridgehead atoms. The van der Waals surface area contributed by atoms with Crippen molar-refractivity contribution in [3.05, 3.63) is 59.7 Å². The fourth-order valence-corrected chi connectivity index (χ4v) is 6.59. The Balaban J connectivity index is 1.49. The summed E-state index contributed by atoms with van der Waals surface area (Å²) in [6, 6.07) is 14.8. The number of amides is 2. The summed E-state index contributed by atoms with van der Waals surface area (Å²) in [5.41, 5.74) is 3.18. The lowest BCUT2D eigenvalue weighted by Gasteiger charge is -2.06. The van der Waals surface area contributed by atoms with Gasteiger partial charge < -0.3 is 10.6 Å². The van der Waals surface area contributed by atoms with Crippen molar-refractivity contribution < 1.29 is 23.2 Å². The third-order valence-corrected chi connectivity index (χ3v) is 9.84. The quantitative estimate of drug-likeness (QED) is 0.0582. The van der Waals surface area contributed by atoms with Gasteiger partial charge in [0.25, 0.3) is 0 Å². The van der Waals surface area contributed by atoms with Crippen LogP contribution >= 0.6 is 8.25 Å². The number of hydrogen-bond acceptors (Lipinski definition) is 5. The van der Waals surface area contributed by atoms with E-state index in [1.807, 2.05) is 48.5 Å². The lowest BCUT2D eigenvalue weighted by molar-refractivity contribution is -0.117. The number of unbranched alkanes of at least 4 members (excludes halogenated alkanes) is 20. The second-order valence-corrected chi connectivity index (χ2v) is 14.8. The molecule has 0 saturated carbocycles. The van der Waals surface area contributed by atoms with Crippen molar-refractivity contribution >= 4 is 31.4 Å². The number of rotatable bonds is 32. The van der Waals surface area contributed by atoms with E-state index < -0.39 is 8.25 Å². The normalized spacial score (nSPS) is 11.1. The fraction of sp³-hybridized carbons (Fsp3) is 0.667. The minimum atomic E-state index is -2.30. The molecule has 50 heavy (non-hydrogen) atoms. The van der Waals surface area contributed by atoms with Gasteiger partial charge in [0.05, 0.1) is 0 Å². The summed E-state index contributed by atoms with van der Waals surface area (Å²) in [6.07, 6.45) is 28.9. The minimum Gasteiger partial charge on any atom is -0.326 e. The molecule has 0 aliphatic heterocycles. The summed E-state index contributed by atoms with van der Waals surface area (Å²) in [6.45, 7) is 4.80. The molecule has 0 aliphatic carbocycles. The molecular formula is C42H68N2O5P+. The second-order valence-electron chi connectivity index (χ2n) is 13.8. The molecule has 2 N–H and O–H groups in total. The zero-order valence-electron chi connectivity index (χ0n) is 31.5. The molecule has 2 aromatic carbocycles. The Morgan fingerprint density at radius 1 is 0.460 bits per heavy atom. The molecule has 0 aliphatic rings. The van der Waals surface area contributed by atoms with Gasteiger partial charge in [0.2, 0.25) is 11.8 Å². The van der Waals surface area contributed by atoms with Gasteiger partial charge in [0.15, 0.2) is 0 Å². The van der Waals surface area contributed by atoms with Crippen molar-refractivity contribution in [3.8, 4) is 0 Å². The van der Waals surface area contributed by atoms with E-state index in [1.165, 1.54) is 116 Å². The Bertz CT molecular complexity index is 1070. The number of benzene rings is 2. The summed E-state index contributed by atoms with van der Waals surface area (Å²) in [7, 11) is -2.30. The summed E-state index contributed by atoms with van der Waals surface area (Å²) < 4.78 is 23.1. The van der Waals surface area contributed by atoms with Crippen molar-refractivity contribution in [2.24, 2.45) is 0 Å². The van der Waals surface area contributed by atoms with Crippen molar-refractivity contribution in [1.82, 2.24) is 0 Å². The highest BCUT2D eigenvalue weighted by Crippen LogP contribution is 2.28. The predicted octanol–water partition coefficient (Wildman–Crippen LogP) is 13.4. The molecule has 0 spiro atoms. The molecule has 2 aromatic rings. The third kappa shape index (κ3) is 23.7. The third-order valence-electron chi connectivity index (χ3n) is 9.16. The van der Waals surface area contributed by atoms with Crippen LogP contribution in [0.3, 0.4) is 0 Å². The van der Waals surface area contributed by atoms with Crippen molar-refractivity contribution in [3.63, 3.8) is 0 Å². The number of hydrogen-bond donors (Lipinski definition) is 2. The van der Waals surface area contributed by atoms with Gasteiger partial charge in [-0.1, -0.05) is 167 Å². The zero-order chi connectivity index (χ0) is 35.9. The van der Waals surface area contributed by atoms with Crippen LogP contribution in [0, 0.1) is 0 Å². The Morgan fingerprint density at radius 3 is 1.04 bits per heavy atom. The zero-order valence-corrected chi connectivity index (χ0v) is 32.4. The largest absolute Gasteiger partial charge is 0.698 e. The van der Waals surface area contributed by atoms with Crippen LogP contribution in [0.5, 0.6) is 0 Å². The highest BCUT2D eigenvalue weighted by Gasteiger charge is 2.20. The van der Waals surface area contributed by atoms with Crippen molar-refractivity contribution in [2.45, 2.75) is 181 Å². The molecule has 0 atom stereocenters. The maximum atomic E-state index is 12.3. The van der Waals surface area contributed by atoms with Crippen LogP contribution in [0.2, 0.25) is 0 Å². The lowest BCUT2D eigenvalue weighted by Crippen LogP contribution is -2.11. The molecule has 0 unspecified atom stereocenters. The van der Waals surface area contributed by atoms with E-state index in [-0.39, 0.29) is 25.0 Å². The van der Waals surface area contributed by atoms with E-state index in [4.69, 9.17) is 9.05 Å². The van der Waals surface area contributed by atoms with Gasteiger partial charge in [0, 0.05) is 28.8 Å². The number of carbonyl (C=O) groups excluding carboxylic acids is 2. The molecule has 2 amide bonds. The molecular weight excluding hydrogens is 643 g/mol. The van der Waals surface area contributed by atoms with Gasteiger partial charge in [-0.3, -0.25) is 9.59 Å². The van der Waals surface area contributed by atoms with Crippen LogP contribution in [0.15, 0.2) is 48.5 Å². The van der Waals surface area contributed by atoms with E-state index in [9.17, 15) is 14.2 Å². The van der Waals surface area contributed by atoms with Crippen LogP contribution in [0.1, 0.15) is 179 Å². The van der Waals surface area contributed by atoms with Crippen molar-refractivity contribution in [1.29, 1.82) is 0 Å². The maximum absolute atomic E-state index is 12.3. The maximum Gasteiger partial charge on any atom is 0.698 e. The summed E-state index contributed by atoms with van der Waals surface area (Å²) >= 11 is 0. The first-order valence-electron chi connectivity index (χ1n) is 20.0. The molecule has 0 fully saturated rings. The number of carbonyl (C=O) groups is 2. The molecule has 0 saturated heterocycles. The average molecular weight is 712 g/mol. The van der Waals surface area contributed by atoms with Gasteiger partial charge in [-0.25, -0.2) is 0 Å². The van der Waals surface area contributed by atoms with Gasteiger partial charge >= 0.3 is 8.25 Å². The monoisotopic (exact) mass is 711 g/mol. The number of anilines is 2. The minimum absolute atomic E-state index is 0.0383. The van der Waals surface area contributed by atoms with Crippen LogP contribution in [0.25, 0.3) is 0 Å². The Labute approximate surface area is 305 Å². The van der Waals surface area contributed by atoms with Crippen LogP contribution in [-0.2, 0) is 36.4 Å². The van der Waals surface area contributed by atoms with Crippen molar-refractivity contribution in [2.75, 3.05) is 10.6 Å². The van der Waals surface area contributed by atoms with E-state index in [0.717, 1.165) is 48.2 Å². The second kappa shape index (κ2) is 30.1. The van der Waals surface area contributed by atoms with E-state index in [1.54, 1.807) is 0 Å². The van der Waals surface area contributed by atoms with Gasteiger partial charge in [0.1, 0.15) is 13.2 Å². The van der Waals surface area contributed by atoms with Crippen LogP contribution in [0.4, 0.5) is 11.4 Å². The summed E-state index contributed by atoms with van der Waals surface area (Å²) in [5, 5.41) is 5.92. The van der Waals surface area contributed by atoms with Crippen LogP contribution in [-0.4, -0.2) is 11.8 Å². The van der Waals surface area contributed by atoms with Gasteiger partial charge in [-0.15, -0.1) is 9.05 Å². The highest BCUT2D eigenvalue weighted by atomic mass is 31.1. The Morgan fingerprint density at radius 2 is 0.740 bits per heavy atom. The average Bonchev–Trinajstić information content (AvgIpc) is 3.12. The first kappa shape index (κ1) is 43.6. The standard InChI is InChI=1S/C42H67N2O5P/c1-3-5-7-9-11-13-15-17-19-21-23-25-41(45)43-39-31-27-37(28-32-39)35-48-50(47)49-36-38-29-33-40(34-30-38)44-42(46)26-24-22-20-18-16-14-12-10-8-6-4-2/h27-34H,3-26,35-36H2,1-2H3,(H-,43,44,45,46)/p+1. The Kier molecular flexibility index (Phi) is 26.2. The molecule has 280 valence electrons. The molecule has 0 radical (unpaired) electrons. The molecule has 0 aromatic heterocycles. The lowest BCUT2D eigenvalue weighted by atomic mass is 10.1. The van der Waals surface area contributed by atoms with Gasteiger partial charge in [-0.2, -0.15) is 0 Å².